The number of carbonyl (C=O) groups is 2. The molecule has 27 heavy (non-hydrogen) atoms. The number of nitrogens with zero attached hydrogens (tertiary/aromatic N) is 1. The van der Waals surface area contributed by atoms with Crippen molar-refractivity contribution in [3.05, 3.63) is 71.3 Å². The van der Waals surface area contributed by atoms with Crippen LogP contribution in [0.2, 0.25) is 0 Å². The second-order valence-electron chi connectivity index (χ2n) is 7.18. The largest absolute Gasteiger partial charge is 0.351 e. The highest BCUT2D eigenvalue weighted by molar-refractivity contribution is 5.95. The maximum Gasteiger partial charge on any atom is 0.256 e. The molecule has 1 aliphatic rings. The number of hydrogen-bond acceptors (Lipinski definition) is 2. The first-order valence-electron chi connectivity index (χ1n) is 8.96. The predicted molar refractivity (Wildman–Crippen MR) is 97.9 cm³/mol. The third-order valence-electron chi connectivity index (χ3n) is 4.98. The molecule has 0 aliphatic carbocycles. The van der Waals surface area contributed by atoms with E-state index in [1.165, 1.54) is 35.2 Å². The third-order valence-corrected chi connectivity index (χ3v) is 4.98. The number of benzene rings is 2. The summed E-state index contributed by atoms with van der Waals surface area (Å²) < 4.78 is 27.2. The molecule has 0 bridgehead atoms. The van der Waals surface area contributed by atoms with Crippen molar-refractivity contribution < 1.29 is 18.4 Å². The van der Waals surface area contributed by atoms with Gasteiger partial charge in [-0.05, 0) is 49.6 Å². The highest BCUT2D eigenvalue weighted by atomic mass is 19.1. The molecule has 0 radical (unpaired) electrons. The van der Waals surface area contributed by atoms with E-state index in [4.69, 9.17) is 0 Å². The number of rotatable bonds is 4. The Hall–Kier alpha value is -2.76. The van der Waals surface area contributed by atoms with Gasteiger partial charge >= 0.3 is 0 Å². The minimum Gasteiger partial charge on any atom is -0.351 e. The van der Waals surface area contributed by atoms with Gasteiger partial charge in [0.1, 0.15) is 11.6 Å². The summed E-state index contributed by atoms with van der Waals surface area (Å²) in [5.74, 6) is -1.52. The van der Waals surface area contributed by atoms with Crippen molar-refractivity contribution in [1.29, 1.82) is 0 Å². The van der Waals surface area contributed by atoms with Crippen LogP contribution in [0.1, 0.15) is 35.7 Å². The minimum absolute atomic E-state index is 0.0157. The zero-order valence-corrected chi connectivity index (χ0v) is 15.2. The lowest BCUT2D eigenvalue weighted by Gasteiger charge is -2.39. The van der Waals surface area contributed by atoms with E-state index in [9.17, 15) is 18.4 Å². The lowest BCUT2D eigenvalue weighted by molar-refractivity contribution is -0.132. The summed E-state index contributed by atoms with van der Waals surface area (Å²) in [7, 11) is 0. The summed E-state index contributed by atoms with van der Waals surface area (Å²) in [6.45, 7) is 2.72. The van der Waals surface area contributed by atoms with Gasteiger partial charge < -0.3 is 10.2 Å². The van der Waals surface area contributed by atoms with Crippen LogP contribution < -0.4 is 5.32 Å². The molecule has 2 aromatic rings. The van der Waals surface area contributed by atoms with Crippen LogP contribution in [0.4, 0.5) is 8.78 Å². The van der Waals surface area contributed by atoms with E-state index in [1.807, 2.05) is 0 Å². The van der Waals surface area contributed by atoms with E-state index in [1.54, 1.807) is 25.1 Å². The van der Waals surface area contributed by atoms with Crippen LogP contribution in [-0.4, -0.2) is 29.8 Å². The van der Waals surface area contributed by atoms with E-state index in [2.05, 4.69) is 5.32 Å². The molecule has 1 heterocycles. The molecule has 1 N–H and O–H groups in total. The van der Waals surface area contributed by atoms with Gasteiger partial charge in [-0.3, -0.25) is 9.59 Å². The maximum absolute atomic E-state index is 13.9. The van der Waals surface area contributed by atoms with Crippen molar-refractivity contribution >= 4 is 11.8 Å². The van der Waals surface area contributed by atoms with Gasteiger partial charge in [0.2, 0.25) is 5.91 Å². The van der Waals surface area contributed by atoms with E-state index in [0.29, 0.717) is 24.9 Å². The fourth-order valence-electron chi connectivity index (χ4n) is 3.45. The van der Waals surface area contributed by atoms with Crippen molar-refractivity contribution in [2.45, 2.75) is 26.3 Å². The second kappa shape index (κ2) is 7.86. The Kier molecular flexibility index (Phi) is 5.54. The first kappa shape index (κ1) is 19.0. The van der Waals surface area contributed by atoms with Crippen molar-refractivity contribution in [3.8, 4) is 0 Å². The molecule has 0 unspecified atom stereocenters. The molecular formula is C21H22F2N2O2. The van der Waals surface area contributed by atoms with Crippen molar-refractivity contribution in [2.75, 3.05) is 13.1 Å². The van der Waals surface area contributed by atoms with Gasteiger partial charge in [-0.1, -0.05) is 24.3 Å². The predicted octanol–water partition coefficient (Wildman–Crippen LogP) is 3.52. The second-order valence-corrected chi connectivity index (χ2v) is 7.18. The summed E-state index contributed by atoms with van der Waals surface area (Å²) >= 11 is 0. The Morgan fingerprint density at radius 1 is 1.15 bits per heavy atom. The molecule has 1 saturated heterocycles. The average Bonchev–Trinajstić information content (AvgIpc) is 2.66. The van der Waals surface area contributed by atoms with E-state index >= 15 is 0 Å². The van der Waals surface area contributed by atoms with Gasteiger partial charge in [-0.15, -0.1) is 0 Å². The fraction of sp³-hybridized carbons (Fsp3) is 0.333. The normalized spacial score (nSPS) is 19.6. The molecule has 2 amide bonds. The number of hydrogen-bond donors (Lipinski definition) is 1. The van der Waals surface area contributed by atoms with Gasteiger partial charge in [0, 0.05) is 19.6 Å². The van der Waals surface area contributed by atoms with Crippen LogP contribution >= 0.6 is 0 Å². The summed E-state index contributed by atoms with van der Waals surface area (Å²) in [5, 5.41) is 2.83. The quantitative estimate of drug-likeness (QED) is 0.893. The molecule has 1 fully saturated rings. The highest BCUT2D eigenvalue weighted by Gasteiger charge is 2.39. The Morgan fingerprint density at radius 3 is 2.67 bits per heavy atom. The van der Waals surface area contributed by atoms with Crippen LogP contribution in [0, 0.1) is 17.0 Å². The maximum atomic E-state index is 13.9. The standard InChI is InChI=1S/C21H22F2N2O2/c1-21(20(27)24-13-15-6-4-7-16(22)12-15)10-5-11-25(14-21)19(26)17-8-2-3-9-18(17)23/h2-4,6-9,12H,5,10-11,13-14H2,1H3,(H,24,27)/t21-/m0/s1. The van der Waals surface area contributed by atoms with Gasteiger partial charge in [-0.25, -0.2) is 8.78 Å². The van der Waals surface area contributed by atoms with Crippen molar-refractivity contribution in [3.63, 3.8) is 0 Å². The first-order valence-corrected chi connectivity index (χ1v) is 8.96. The Bertz CT molecular complexity index is 856. The molecule has 1 atom stereocenters. The Morgan fingerprint density at radius 2 is 1.93 bits per heavy atom. The number of piperidine rings is 1. The molecule has 142 valence electrons. The zero-order valence-electron chi connectivity index (χ0n) is 15.2. The molecule has 0 saturated carbocycles. The lowest BCUT2D eigenvalue weighted by Crippen LogP contribution is -2.51. The molecule has 2 aromatic carbocycles. The number of carbonyl (C=O) groups excluding carboxylic acids is 2. The van der Waals surface area contributed by atoms with Gasteiger partial charge in [-0.2, -0.15) is 0 Å². The Labute approximate surface area is 157 Å². The summed E-state index contributed by atoms with van der Waals surface area (Å²) in [6, 6.07) is 11.9. The van der Waals surface area contributed by atoms with Crippen LogP contribution in [0.25, 0.3) is 0 Å². The molecule has 3 rings (SSSR count). The van der Waals surface area contributed by atoms with Crippen molar-refractivity contribution in [1.82, 2.24) is 10.2 Å². The van der Waals surface area contributed by atoms with Crippen molar-refractivity contribution in [2.24, 2.45) is 5.41 Å². The van der Waals surface area contributed by atoms with Gasteiger partial charge in [0.15, 0.2) is 0 Å². The average molecular weight is 372 g/mol. The molecule has 0 aromatic heterocycles. The lowest BCUT2D eigenvalue weighted by atomic mass is 9.80. The fourth-order valence-corrected chi connectivity index (χ4v) is 3.45. The number of halogens is 2. The summed E-state index contributed by atoms with van der Waals surface area (Å²) in [4.78, 5) is 26.9. The third kappa shape index (κ3) is 4.32. The number of amides is 2. The molecule has 6 heteroatoms. The highest BCUT2D eigenvalue weighted by Crippen LogP contribution is 2.31. The van der Waals surface area contributed by atoms with Crippen LogP contribution in [0.5, 0.6) is 0 Å². The Balaban J connectivity index is 1.67. The van der Waals surface area contributed by atoms with Gasteiger partial charge in [0.25, 0.3) is 5.91 Å². The van der Waals surface area contributed by atoms with Gasteiger partial charge in [0.05, 0.1) is 11.0 Å². The SMILES string of the molecule is C[C@]1(C(=O)NCc2cccc(F)c2)CCCN(C(=O)c2ccccc2F)C1. The molecule has 4 nitrogen and oxygen atoms in total. The summed E-state index contributed by atoms with van der Waals surface area (Å²) in [6.07, 6.45) is 1.28. The van der Waals surface area contributed by atoms with E-state index in [0.717, 1.165) is 0 Å². The number of nitrogens with one attached hydrogen (secondary N) is 1. The number of likely N-dealkylation sites (tertiary alicyclic amines) is 1. The monoisotopic (exact) mass is 372 g/mol. The van der Waals surface area contributed by atoms with Crippen LogP contribution in [0.3, 0.4) is 0 Å². The van der Waals surface area contributed by atoms with Crippen LogP contribution in [-0.2, 0) is 11.3 Å². The summed E-state index contributed by atoms with van der Waals surface area (Å²) in [5.41, 5.74) is -0.0871. The zero-order chi connectivity index (χ0) is 19.4. The topological polar surface area (TPSA) is 49.4 Å². The molecule has 1 aliphatic heterocycles. The first-order chi connectivity index (χ1) is 12.9. The minimum atomic E-state index is -0.771. The molecule has 0 spiro atoms. The smallest absolute Gasteiger partial charge is 0.256 e. The van der Waals surface area contributed by atoms with Crippen LogP contribution in [0.15, 0.2) is 48.5 Å². The molecular weight excluding hydrogens is 350 g/mol. The van der Waals surface area contributed by atoms with E-state index in [-0.39, 0.29) is 30.4 Å². The van der Waals surface area contributed by atoms with E-state index < -0.39 is 17.1 Å².